The highest BCUT2D eigenvalue weighted by molar-refractivity contribution is 5.96. The van der Waals surface area contributed by atoms with Crippen molar-refractivity contribution in [3.63, 3.8) is 0 Å². The summed E-state index contributed by atoms with van der Waals surface area (Å²) in [5.74, 6) is 0.490. The van der Waals surface area contributed by atoms with Crippen LogP contribution in [0.3, 0.4) is 0 Å². The summed E-state index contributed by atoms with van der Waals surface area (Å²) in [5.41, 5.74) is 1.66. The van der Waals surface area contributed by atoms with Gasteiger partial charge in [-0.1, -0.05) is 32.3 Å². The molecule has 6 nitrogen and oxygen atoms in total. The van der Waals surface area contributed by atoms with Gasteiger partial charge in [-0.2, -0.15) is 0 Å². The van der Waals surface area contributed by atoms with Crippen molar-refractivity contribution in [2.45, 2.75) is 58.9 Å². The second-order valence-corrected chi connectivity index (χ2v) is 8.62. The molecule has 0 atom stereocenters. The Morgan fingerprint density at radius 3 is 2.35 bits per heavy atom. The van der Waals surface area contributed by atoms with E-state index in [1.807, 2.05) is 51.1 Å². The van der Waals surface area contributed by atoms with Crippen LogP contribution < -0.4 is 20.7 Å². The van der Waals surface area contributed by atoms with Crippen molar-refractivity contribution >= 4 is 23.2 Å². The third-order valence-corrected chi connectivity index (χ3v) is 4.47. The molecule has 31 heavy (non-hydrogen) atoms. The fourth-order valence-electron chi connectivity index (χ4n) is 2.92. The molecule has 2 rings (SSSR count). The predicted octanol–water partition coefficient (Wildman–Crippen LogP) is 5.22. The van der Waals surface area contributed by atoms with E-state index in [9.17, 15) is 9.59 Å². The third-order valence-electron chi connectivity index (χ3n) is 4.47. The zero-order chi connectivity index (χ0) is 22.7. The topological polar surface area (TPSA) is 79.5 Å². The van der Waals surface area contributed by atoms with Crippen molar-refractivity contribution in [3.05, 3.63) is 54.1 Å². The fourth-order valence-corrected chi connectivity index (χ4v) is 2.92. The van der Waals surface area contributed by atoms with Gasteiger partial charge in [-0.3, -0.25) is 9.59 Å². The van der Waals surface area contributed by atoms with Crippen LogP contribution in [0.5, 0.6) is 5.75 Å². The average Bonchev–Trinajstić information content (AvgIpc) is 2.72. The number of ether oxygens (including phenoxy) is 1. The molecule has 3 N–H and O–H groups in total. The van der Waals surface area contributed by atoms with Crippen LogP contribution in [0.1, 0.15) is 63.7 Å². The van der Waals surface area contributed by atoms with Gasteiger partial charge in [-0.15, -0.1) is 0 Å². The van der Waals surface area contributed by atoms with Crippen LogP contribution in [0.2, 0.25) is 0 Å². The first kappa shape index (κ1) is 24.3. The van der Waals surface area contributed by atoms with Crippen LogP contribution in [-0.4, -0.2) is 30.5 Å². The molecular weight excluding hydrogens is 390 g/mol. The minimum Gasteiger partial charge on any atom is -0.494 e. The van der Waals surface area contributed by atoms with Crippen molar-refractivity contribution < 1.29 is 14.3 Å². The van der Waals surface area contributed by atoms with E-state index in [2.05, 4.69) is 22.9 Å². The fraction of sp³-hybridized carbons (Fsp3) is 0.440. The largest absolute Gasteiger partial charge is 0.494 e. The highest BCUT2D eigenvalue weighted by atomic mass is 16.5. The Morgan fingerprint density at radius 1 is 0.935 bits per heavy atom. The lowest BCUT2D eigenvalue weighted by atomic mass is 10.1. The number of nitrogens with one attached hydrogen (secondary N) is 3. The Balaban J connectivity index is 1.79. The highest BCUT2D eigenvalue weighted by Crippen LogP contribution is 2.17. The molecule has 6 heteroatoms. The molecule has 2 amide bonds. The number of rotatable bonds is 11. The summed E-state index contributed by atoms with van der Waals surface area (Å²) in [4.78, 5) is 24.6. The van der Waals surface area contributed by atoms with Gasteiger partial charge in [-0.25, -0.2) is 0 Å². The van der Waals surface area contributed by atoms with Crippen LogP contribution in [0.25, 0.3) is 0 Å². The van der Waals surface area contributed by atoms with Crippen molar-refractivity contribution in [2.75, 3.05) is 23.8 Å². The molecule has 2 aromatic carbocycles. The van der Waals surface area contributed by atoms with Crippen molar-refractivity contribution in [1.82, 2.24) is 5.32 Å². The molecule has 0 saturated carbocycles. The van der Waals surface area contributed by atoms with Gasteiger partial charge in [-0.05, 0) is 69.7 Å². The first-order chi connectivity index (χ1) is 14.8. The average molecular weight is 426 g/mol. The molecule has 0 unspecified atom stereocenters. The van der Waals surface area contributed by atoms with Crippen molar-refractivity contribution in [1.29, 1.82) is 0 Å². The lowest BCUT2D eigenvalue weighted by Gasteiger charge is -2.20. The van der Waals surface area contributed by atoms with E-state index in [1.165, 1.54) is 19.3 Å². The maximum atomic E-state index is 12.3. The number of carbonyl (C=O) groups excluding carboxylic acids is 2. The summed E-state index contributed by atoms with van der Waals surface area (Å²) >= 11 is 0. The number of unbranched alkanes of at least 4 members (excludes halogenated alkanes) is 3. The summed E-state index contributed by atoms with van der Waals surface area (Å²) in [6, 6.07) is 14.5. The zero-order valence-corrected chi connectivity index (χ0v) is 19.1. The molecule has 0 heterocycles. The molecular formula is C25H35N3O3. The summed E-state index contributed by atoms with van der Waals surface area (Å²) < 4.78 is 5.72. The Kier molecular flexibility index (Phi) is 9.38. The molecule has 0 aliphatic carbocycles. The maximum Gasteiger partial charge on any atom is 0.251 e. The summed E-state index contributed by atoms with van der Waals surface area (Å²) in [6.07, 6.45) is 4.68. The van der Waals surface area contributed by atoms with Crippen LogP contribution in [0.4, 0.5) is 11.4 Å². The van der Waals surface area contributed by atoms with E-state index in [0.717, 1.165) is 12.2 Å². The summed E-state index contributed by atoms with van der Waals surface area (Å²) in [5, 5.41) is 8.85. The van der Waals surface area contributed by atoms with Crippen LogP contribution >= 0.6 is 0 Å². The van der Waals surface area contributed by atoms with Crippen molar-refractivity contribution in [3.8, 4) is 5.75 Å². The van der Waals surface area contributed by atoms with Gasteiger partial charge in [0.2, 0.25) is 5.91 Å². The second kappa shape index (κ2) is 12.0. The molecule has 168 valence electrons. The standard InChI is InChI=1S/C25H35N3O3/c1-5-6-7-8-16-31-22-14-12-20(13-15-22)27-23(29)18-26-21-11-9-10-19(17-21)24(30)28-25(2,3)4/h9-15,17,26H,5-8,16,18H2,1-4H3,(H,27,29)(H,28,30). The van der Waals surface area contributed by atoms with Gasteiger partial charge in [0.25, 0.3) is 5.91 Å². The van der Waals surface area contributed by atoms with Gasteiger partial charge in [0.1, 0.15) is 5.75 Å². The third kappa shape index (κ3) is 9.55. The molecule has 0 spiro atoms. The molecule has 0 bridgehead atoms. The normalized spacial score (nSPS) is 11.0. The zero-order valence-electron chi connectivity index (χ0n) is 19.1. The van der Waals surface area contributed by atoms with E-state index in [4.69, 9.17) is 4.74 Å². The smallest absolute Gasteiger partial charge is 0.251 e. The number of anilines is 2. The van der Waals surface area contributed by atoms with Gasteiger partial charge in [0.15, 0.2) is 0 Å². The van der Waals surface area contributed by atoms with Crippen LogP contribution in [-0.2, 0) is 4.79 Å². The van der Waals surface area contributed by atoms with Gasteiger partial charge >= 0.3 is 0 Å². The minimum absolute atomic E-state index is 0.0972. The van der Waals surface area contributed by atoms with E-state index < -0.39 is 0 Å². The van der Waals surface area contributed by atoms with Gasteiger partial charge in [0, 0.05) is 22.5 Å². The number of benzene rings is 2. The molecule has 2 aromatic rings. The van der Waals surface area contributed by atoms with E-state index in [0.29, 0.717) is 23.5 Å². The molecule has 0 aliphatic heterocycles. The highest BCUT2D eigenvalue weighted by Gasteiger charge is 2.15. The number of amides is 2. The first-order valence-corrected chi connectivity index (χ1v) is 11.0. The Hall–Kier alpha value is -3.02. The minimum atomic E-state index is -0.309. The summed E-state index contributed by atoms with van der Waals surface area (Å²) in [7, 11) is 0. The SMILES string of the molecule is CCCCCCOc1ccc(NC(=O)CNc2cccc(C(=O)NC(C)(C)C)c2)cc1. The molecule has 0 fully saturated rings. The van der Waals surface area contributed by atoms with Crippen LogP contribution in [0.15, 0.2) is 48.5 Å². The molecule has 0 aliphatic rings. The van der Waals surface area contributed by atoms with E-state index >= 15 is 0 Å². The molecule has 0 radical (unpaired) electrons. The lowest BCUT2D eigenvalue weighted by molar-refractivity contribution is -0.114. The lowest BCUT2D eigenvalue weighted by Crippen LogP contribution is -2.40. The Labute approximate surface area is 185 Å². The van der Waals surface area contributed by atoms with Crippen molar-refractivity contribution in [2.24, 2.45) is 0 Å². The maximum absolute atomic E-state index is 12.3. The Morgan fingerprint density at radius 2 is 1.68 bits per heavy atom. The number of hydrogen-bond acceptors (Lipinski definition) is 4. The van der Waals surface area contributed by atoms with Gasteiger partial charge < -0.3 is 20.7 Å². The number of hydrogen-bond donors (Lipinski definition) is 3. The summed E-state index contributed by atoms with van der Waals surface area (Å²) in [6.45, 7) is 8.80. The van der Waals surface area contributed by atoms with E-state index in [-0.39, 0.29) is 23.9 Å². The Bertz CT molecular complexity index is 842. The second-order valence-electron chi connectivity index (χ2n) is 8.62. The molecule has 0 saturated heterocycles. The van der Waals surface area contributed by atoms with Crippen LogP contribution in [0, 0.1) is 0 Å². The molecule has 0 aromatic heterocycles. The van der Waals surface area contributed by atoms with E-state index in [1.54, 1.807) is 18.2 Å². The monoisotopic (exact) mass is 425 g/mol. The predicted molar refractivity (Wildman–Crippen MR) is 127 cm³/mol. The van der Waals surface area contributed by atoms with Gasteiger partial charge in [0.05, 0.1) is 13.2 Å². The first-order valence-electron chi connectivity index (χ1n) is 11.0. The quantitative estimate of drug-likeness (QED) is 0.431. The number of carbonyl (C=O) groups is 2.